The molecule has 0 atom stereocenters. The first-order valence-corrected chi connectivity index (χ1v) is 13.5. The smallest absolute Gasteiger partial charge is 0.000682 e. The molecular weight excluding hydrogens is 444 g/mol. The van der Waals surface area contributed by atoms with Gasteiger partial charge < -0.3 is 0 Å². The van der Waals surface area contributed by atoms with Crippen molar-refractivity contribution in [1.82, 2.24) is 0 Å². The van der Waals surface area contributed by atoms with E-state index in [4.69, 9.17) is 0 Å². The largest absolute Gasteiger partial charge is 0.0616 e. The summed E-state index contributed by atoms with van der Waals surface area (Å²) in [5, 5.41) is 20.4. The summed E-state index contributed by atoms with van der Waals surface area (Å²) in [6.45, 7) is 0. The number of hydrogen-bond acceptors (Lipinski definition) is 0. The Morgan fingerprint density at radius 3 is 1.19 bits per heavy atom. The molecule has 0 saturated carbocycles. The molecule has 0 aromatic heterocycles. The van der Waals surface area contributed by atoms with Crippen LogP contribution in [0.3, 0.4) is 0 Å². The van der Waals surface area contributed by atoms with Crippen LogP contribution in [0.15, 0.2) is 84.9 Å². The topological polar surface area (TPSA) is 0 Å². The maximum Gasteiger partial charge on any atom is -0.000682 e. The lowest BCUT2D eigenvalue weighted by atomic mass is 9.89. The van der Waals surface area contributed by atoms with Gasteiger partial charge in [-0.2, -0.15) is 0 Å². The maximum absolute atomic E-state index is 2.52. The minimum Gasteiger partial charge on any atom is -0.0616 e. The van der Waals surface area contributed by atoms with E-state index >= 15 is 0 Å². The standard InChI is InChI=1S/C37H20/c1-2-4-19-10-25-13-27-17-29-28(16-26(27)12-24(25)9-18(19)3-1)30-14-22-7-5-20-11-21-6-8-23-15-31(29)37-35(23)33(21)32(20)34(22)36(30)37/h1-10,12-13,16-17H,11,14-15H2. The van der Waals surface area contributed by atoms with Crippen LogP contribution in [-0.4, -0.2) is 0 Å². The van der Waals surface area contributed by atoms with Crippen LogP contribution in [0.25, 0.3) is 75.4 Å². The molecule has 0 fully saturated rings. The highest BCUT2D eigenvalue weighted by atomic mass is 14.4. The first kappa shape index (κ1) is 17.9. The molecule has 0 bridgehead atoms. The van der Waals surface area contributed by atoms with Crippen molar-refractivity contribution in [3.63, 3.8) is 0 Å². The highest BCUT2D eigenvalue weighted by Crippen LogP contribution is 2.55. The predicted octanol–water partition coefficient (Wildman–Crippen LogP) is 9.47. The van der Waals surface area contributed by atoms with Gasteiger partial charge in [0.15, 0.2) is 0 Å². The van der Waals surface area contributed by atoms with E-state index < -0.39 is 0 Å². The van der Waals surface area contributed by atoms with E-state index in [0.29, 0.717) is 0 Å². The average Bonchev–Trinajstić information content (AvgIpc) is 3.60. The van der Waals surface area contributed by atoms with Gasteiger partial charge in [-0.15, -0.1) is 0 Å². The Balaban J connectivity index is 1.36. The Labute approximate surface area is 212 Å². The minimum absolute atomic E-state index is 1.06. The van der Waals surface area contributed by atoms with Crippen molar-refractivity contribution in [2.45, 2.75) is 19.3 Å². The maximum atomic E-state index is 2.52. The Hall–Kier alpha value is -4.42. The first-order valence-electron chi connectivity index (χ1n) is 13.5. The third kappa shape index (κ3) is 1.90. The molecule has 0 amide bonds. The van der Waals surface area contributed by atoms with Crippen LogP contribution in [0.2, 0.25) is 0 Å². The van der Waals surface area contributed by atoms with Crippen molar-refractivity contribution in [2.75, 3.05) is 0 Å². The summed E-state index contributed by atoms with van der Waals surface area (Å²) < 4.78 is 0. The molecule has 168 valence electrons. The summed E-state index contributed by atoms with van der Waals surface area (Å²) in [5.74, 6) is 0. The summed E-state index contributed by atoms with van der Waals surface area (Å²) in [6.07, 6.45) is 3.21. The van der Waals surface area contributed by atoms with Crippen LogP contribution >= 0.6 is 0 Å². The van der Waals surface area contributed by atoms with Crippen molar-refractivity contribution in [3.8, 4) is 0 Å². The predicted molar refractivity (Wildman–Crippen MR) is 157 cm³/mol. The van der Waals surface area contributed by atoms with Gasteiger partial charge in [-0.3, -0.25) is 0 Å². The van der Waals surface area contributed by atoms with Crippen LogP contribution in [-0.2, 0) is 19.3 Å². The molecular formula is C37H20. The molecule has 0 unspecified atom stereocenters. The van der Waals surface area contributed by atoms with Crippen molar-refractivity contribution >= 4 is 75.4 Å². The van der Waals surface area contributed by atoms with Gasteiger partial charge in [0.25, 0.3) is 0 Å². The van der Waals surface area contributed by atoms with Crippen molar-refractivity contribution in [3.05, 3.63) is 118 Å². The highest BCUT2D eigenvalue weighted by Gasteiger charge is 2.33. The van der Waals surface area contributed by atoms with Gasteiger partial charge in [0.1, 0.15) is 0 Å². The quantitative estimate of drug-likeness (QED) is 0.155. The van der Waals surface area contributed by atoms with E-state index in [2.05, 4.69) is 84.9 Å². The van der Waals surface area contributed by atoms with E-state index in [1.54, 1.807) is 43.4 Å². The lowest BCUT2D eigenvalue weighted by Gasteiger charge is -2.14. The second-order valence-corrected chi connectivity index (χ2v) is 11.6. The van der Waals surface area contributed by atoms with Gasteiger partial charge >= 0.3 is 0 Å². The molecule has 0 radical (unpaired) electrons. The Bertz CT molecular complexity index is 2300. The fraction of sp³-hybridized carbons (Fsp3) is 0.0811. The molecule has 0 aliphatic heterocycles. The van der Waals surface area contributed by atoms with Gasteiger partial charge in [-0.05, 0) is 164 Å². The van der Waals surface area contributed by atoms with Gasteiger partial charge in [0.2, 0.25) is 0 Å². The van der Waals surface area contributed by atoms with Crippen LogP contribution in [0.5, 0.6) is 0 Å². The second kappa shape index (κ2) is 5.61. The van der Waals surface area contributed by atoms with E-state index in [9.17, 15) is 0 Å². The SMILES string of the molecule is c1ccc2cc3cc4cc5c6c7c8c(ccc9c8c8c(ccc%10c8c7c(c5cc4cc3cc2c1)C%10)C9)C6. The minimum atomic E-state index is 1.06. The molecule has 8 aromatic rings. The van der Waals surface area contributed by atoms with Gasteiger partial charge in [-0.1, -0.05) is 48.5 Å². The second-order valence-electron chi connectivity index (χ2n) is 11.6. The summed E-state index contributed by atoms with van der Waals surface area (Å²) in [7, 11) is 0. The molecule has 37 heavy (non-hydrogen) atoms. The Kier molecular flexibility index (Phi) is 2.72. The summed E-state index contributed by atoms with van der Waals surface area (Å²) in [6, 6.07) is 33.0. The van der Waals surface area contributed by atoms with Crippen LogP contribution in [0.1, 0.15) is 33.4 Å². The van der Waals surface area contributed by atoms with Crippen molar-refractivity contribution < 1.29 is 0 Å². The van der Waals surface area contributed by atoms with Crippen molar-refractivity contribution in [1.29, 1.82) is 0 Å². The molecule has 11 rings (SSSR count). The number of hydrogen-bond donors (Lipinski definition) is 0. The number of fused-ring (bicyclic) bond motifs is 6. The molecule has 0 N–H and O–H groups in total. The molecule has 8 aromatic carbocycles. The van der Waals surface area contributed by atoms with Gasteiger partial charge in [0.05, 0.1) is 0 Å². The fourth-order valence-electron chi connectivity index (χ4n) is 8.43. The first-order chi connectivity index (χ1) is 18.3. The summed E-state index contributed by atoms with van der Waals surface area (Å²) >= 11 is 0. The zero-order valence-electron chi connectivity index (χ0n) is 20.2. The lowest BCUT2D eigenvalue weighted by molar-refractivity contribution is 1.24. The summed E-state index contributed by atoms with van der Waals surface area (Å²) in [5.41, 5.74) is 9.26. The molecule has 3 aliphatic rings. The molecule has 0 heteroatoms. The third-order valence-corrected chi connectivity index (χ3v) is 9.92. The normalized spacial score (nSPS) is 14.7. The van der Waals surface area contributed by atoms with Crippen LogP contribution in [0.4, 0.5) is 0 Å². The van der Waals surface area contributed by atoms with Crippen molar-refractivity contribution in [2.24, 2.45) is 0 Å². The van der Waals surface area contributed by atoms with Gasteiger partial charge in [0, 0.05) is 0 Å². The molecule has 0 heterocycles. The summed E-state index contributed by atoms with van der Waals surface area (Å²) in [4.78, 5) is 0. The monoisotopic (exact) mass is 464 g/mol. The van der Waals surface area contributed by atoms with Gasteiger partial charge in [-0.25, -0.2) is 0 Å². The molecule has 3 aliphatic carbocycles. The van der Waals surface area contributed by atoms with E-state index in [1.807, 2.05) is 0 Å². The molecule has 0 spiro atoms. The highest BCUT2D eigenvalue weighted by molar-refractivity contribution is 6.36. The van der Waals surface area contributed by atoms with Crippen LogP contribution < -0.4 is 0 Å². The zero-order chi connectivity index (χ0) is 23.6. The van der Waals surface area contributed by atoms with E-state index in [0.717, 1.165) is 19.3 Å². The molecule has 0 nitrogen and oxygen atoms in total. The Morgan fingerprint density at radius 1 is 0.324 bits per heavy atom. The third-order valence-electron chi connectivity index (χ3n) is 9.92. The average molecular weight is 465 g/mol. The van der Waals surface area contributed by atoms with Crippen LogP contribution in [0, 0.1) is 0 Å². The molecule has 0 saturated heterocycles. The lowest BCUT2D eigenvalue weighted by Crippen LogP contribution is -1.91. The van der Waals surface area contributed by atoms with E-state index in [-0.39, 0.29) is 0 Å². The fourth-order valence-corrected chi connectivity index (χ4v) is 8.43. The zero-order valence-corrected chi connectivity index (χ0v) is 20.2. The Morgan fingerprint density at radius 2 is 0.703 bits per heavy atom. The van der Waals surface area contributed by atoms with E-state index in [1.165, 1.54) is 65.3 Å². The number of benzene rings is 8. The number of rotatable bonds is 0.